The maximum atomic E-state index is 12.7. The quantitative estimate of drug-likeness (QED) is 0.885. The number of carbonyl (C=O) groups is 1. The molecule has 0 radical (unpaired) electrons. The SMILES string of the molecule is O=C(NCC1CCCCO1)c1cc(C(F)(F)F)ccc1Br. The fourth-order valence-electron chi connectivity index (χ4n) is 2.15. The van der Waals surface area contributed by atoms with Gasteiger partial charge in [0.25, 0.3) is 5.91 Å². The highest BCUT2D eigenvalue weighted by atomic mass is 79.9. The Morgan fingerprint density at radius 2 is 2.14 bits per heavy atom. The first-order valence-electron chi connectivity index (χ1n) is 6.64. The van der Waals surface area contributed by atoms with Gasteiger partial charge in [-0.05, 0) is 53.4 Å². The number of nitrogens with one attached hydrogen (secondary N) is 1. The van der Waals surface area contributed by atoms with Crippen LogP contribution >= 0.6 is 15.9 Å². The minimum absolute atomic E-state index is 0.0272. The molecule has 0 saturated carbocycles. The van der Waals surface area contributed by atoms with Crippen LogP contribution in [-0.2, 0) is 10.9 Å². The third kappa shape index (κ3) is 4.44. The molecule has 1 unspecified atom stereocenters. The van der Waals surface area contributed by atoms with Gasteiger partial charge in [-0.1, -0.05) is 0 Å². The Bertz CT molecular complexity index is 513. The first-order chi connectivity index (χ1) is 9.88. The van der Waals surface area contributed by atoms with Gasteiger partial charge in [0.15, 0.2) is 0 Å². The van der Waals surface area contributed by atoms with Gasteiger partial charge in [-0.15, -0.1) is 0 Å². The molecule has 7 heteroatoms. The normalized spacial score (nSPS) is 19.3. The molecular formula is C14H15BrF3NO2. The Kier molecular flexibility index (Phi) is 5.27. The average molecular weight is 366 g/mol. The van der Waals surface area contributed by atoms with E-state index < -0.39 is 17.6 Å². The van der Waals surface area contributed by atoms with Crippen molar-refractivity contribution in [3.05, 3.63) is 33.8 Å². The minimum Gasteiger partial charge on any atom is -0.376 e. The summed E-state index contributed by atoms with van der Waals surface area (Å²) in [7, 11) is 0. The van der Waals surface area contributed by atoms with E-state index in [-0.39, 0.29) is 11.7 Å². The molecule has 0 aromatic heterocycles. The van der Waals surface area contributed by atoms with Crippen molar-refractivity contribution in [2.75, 3.05) is 13.2 Å². The van der Waals surface area contributed by atoms with E-state index in [2.05, 4.69) is 21.2 Å². The third-order valence-corrected chi connectivity index (χ3v) is 3.99. The van der Waals surface area contributed by atoms with Crippen molar-refractivity contribution in [2.45, 2.75) is 31.5 Å². The van der Waals surface area contributed by atoms with Crippen molar-refractivity contribution < 1.29 is 22.7 Å². The summed E-state index contributed by atoms with van der Waals surface area (Å²) in [5, 5.41) is 2.63. The molecule has 1 saturated heterocycles. The Labute approximate surface area is 129 Å². The molecule has 2 rings (SSSR count). The number of halogens is 4. The number of carbonyl (C=O) groups excluding carboxylic acids is 1. The predicted molar refractivity (Wildman–Crippen MR) is 75.1 cm³/mol. The van der Waals surface area contributed by atoms with Gasteiger partial charge in [0.1, 0.15) is 0 Å². The zero-order valence-corrected chi connectivity index (χ0v) is 12.8. The molecule has 1 amide bonds. The van der Waals surface area contributed by atoms with Gasteiger partial charge in [0, 0.05) is 17.6 Å². The third-order valence-electron chi connectivity index (χ3n) is 3.30. The van der Waals surface area contributed by atoms with Crippen LogP contribution in [0.25, 0.3) is 0 Å². The number of benzene rings is 1. The molecule has 1 aliphatic heterocycles. The van der Waals surface area contributed by atoms with Gasteiger partial charge < -0.3 is 10.1 Å². The lowest BCUT2D eigenvalue weighted by atomic mass is 10.1. The zero-order valence-electron chi connectivity index (χ0n) is 11.2. The molecule has 1 aliphatic rings. The van der Waals surface area contributed by atoms with Crippen molar-refractivity contribution >= 4 is 21.8 Å². The van der Waals surface area contributed by atoms with Crippen LogP contribution in [0, 0.1) is 0 Å². The number of amides is 1. The predicted octanol–water partition coefficient (Wildman–Crippen LogP) is 3.77. The Morgan fingerprint density at radius 1 is 1.38 bits per heavy atom. The lowest BCUT2D eigenvalue weighted by Crippen LogP contribution is -2.35. The Morgan fingerprint density at radius 3 is 2.76 bits per heavy atom. The number of ether oxygens (including phenoxy) is 1. The molecule has 1 heterocycles. The van der Waals surface area contributed by atoms with Crippen LogP contribution in [0.4, 0.5) is 13.2 Å². The first kappa shape index (κ1) is 16.3. The van der Waals surface area contributed by atoms with Gasteiger partial charge in [0.2, 0.25) is 0 Å². The van der Waals surface area contributed by atoms with Crippen molar-refractivity contribution in [1.82, 2.24) is 5.32 Å². The van der Waals surface area contributed by atoms with Crippen LogP contribution < -0.4 is 5.32 Å². The van der Waals surface area contributed by atoms with E-state index in [1.54, 1.807) is 0 Å². The summed E-state index contributed by atoms with van der Waals surface area (Å²) in [6.45, 7) is 0.968. The zero-order chi connectivity index (χ0) is 15.5. The highest BCUT2D eigenvalue weighted by Gasteiger charge is 2.31. The van der Waals surface area contributed by atoms with Gasteiger partial charge in [-0.2, -0.15) is 13.2 Å². The molecule has 1 aromatic carbocycles. The molecule has 0 bridgehead atoms. The molecular weight excluding hydrogens is 351 g/mol. The summed E-state index contributed by atoms with van der Waals surface area (Å²) < 4.78 is 43.8. The van der Waals surface area contributed by atoms with Crippen LogP contribution in [0.1, 0.15) is 35.2 Å². The van der Waals surface area contributed by atoms with Gasteiger partial charge >= 0.3 is 6.18 Å². The number of hydrogen-bond acceptors (Lipinski definition) is 2. The molecule has 0 spiro atoms. The molecule has 1 N–H and O–H groups in total. The smallest absolute Gasteiger partial charge is 0.376 e. The van der Waals surface area contributed by atoms with E-state index in [1.807, 2.05) is 0 Å². The fourth-order valence-corrected chi connectivity index (χ4v) is 2.57. The van der Waals surface area contributed by atoms with Gasteiger partial charge in [-0.25, -0.2) is 0 Å². The number of alkyl halides is 3. The van der Waals surface area contributed by atoms with Crippen molar-refractivity contribution in [2.24, 2.45) is 0 Å². The van der Waals surface area contributed by atoms with E-state index in [1.165, 1.54) is 6.07 Å². The van der Waals surface area contributed by atoms with Gasteiger partial charge in [-0.3, -0.25) is 4.79 Å². The maximum absolute atomic E-state index is 12.7. The Balaban J connectivity index is 2.04. The van der Waals surface area contributed by atoms with Crippen LogP contribution in [-0.4, -0.2) is 25.2 Å². The highest BCUT2D eigenvalue weighted by Crippen LogP contribution is 2.31. The second-order valence-corrected chi connectivity index (χ2v) is 5.75. The molecule has 0 aliphatic carbocycles. The summed E-state index contributed by atoms with van der Waals surface area (Å²) in [6, 6.07) is 3.01. The largest absolute Gasteiger partial charge is 0.416 e. The van der Waals surface area contributed by atoms with Crippen LogP contribution in [0.5, 0.6) is 0 Å². The molecule has 1 fully saturated rings. The van der Waals surface area contributed by atoms with E-state index in [0.717, 1.165) is 31.4 Å². The first-order valence-corrected chi connectivity index (χ1v) is 7.44. The lowest BCUT2D eigenvalue weighted by molar-refractivity contribution is -0.137. The lowest BCUT2D eigenvalue weighted by Gasteiger charge is -2.22. The average Bonchev–Trinajstić information content (AvgIpc) is 2.45. The second kappa shape index (κ2) is 6.79. The van der Waals surface area contributed by atoms with Crippen LogP contribution in [0.2, 0.25) is 0 Å². The summed E-state index contributed by atoms with van der Waals surface area (Å²) in [5.41, 5.74) is -0.870. The standard InChI is InChI=1S/C14H15BrF3NO2/c15-12-5-4-9(14(16,17)18)7-11(12)13(20)19-8-10-3-1-2-6-21-10/h4-5,7,10H,1-3,6,8H2,(H,19,20). The van der Waals surface area contributed by atoms with E-state index in [4.69, 9.17) is 4.74 Å². The summed E-state index contributed by atoms with van der Waals surface area (Å²) in [6.07, 6.45) is -1.64. The van der Waals surface area contributed by atoms with Crippen molar-refractivity contribution in [1.29, 1.82) is 0 Å². The highest BCUT2D eigenvalue weighted by molar-refractivity contribution is 9.10. The van der Waals surface area contributed by atoms with Crippen LogP contribution in [0.15, 0.2) is 22.7 Å². The summed E-state index contributed by atoms with van der Waals surface area (Å²) >= 11 is 3.10. The molecule has 1 atom stereocenters. The van der Waals surface area contributed by atoms with Crippen LogP contribution in [0.3, 0.4) is 0 Å². The topological polar surface area (TPSA) is 38.3 Å². The molecule has 116 valence electrons. The van der Waals surface area contributed by atoms with Crippen molar-refractivity contribution in [3.8, 4) is 0 Å². The van der Waals surface area contributed by atoms with E-state index in [9.17, 15) is 18.0 Å². The number of rotatable bonds is 3. The van der Waals surface area contributed by atoms with E-state index >= 15 is 0 Å². The Hall–Kier alpha value is -1.08. The minimum atomic E-state index is -4.47. The number of hydrogen-bond donors (Lipinski definition) is 1. The second-order valence-electron chi connectivity index (χ2n) is 4.89. The summed E-state index contributed by atoms with van der Waals surface area (Å²) in [5.74, 6) is -0.540. The fraction of sp³-hybridized carbons (Fsp3) is 0.500. The molecule has 3 nitrogen and oxygen atoms in total. The van der Waals surface area contributed by atoms with Crippen molar-refractivity contribution in [3.63, 3.8) is 0 Å². The summed E-state index contributed by atoms with van der Waals surface area (Å²) in [4.78, 5) is 12.0. The molecule has 21 heavy (non-hydrogen) atoms. The monoisotopic (exact) mass is 365 g/mol. The maximum Gasteiger partial charge on any atom is 0.416 e. The molecule has 1 aromatic rings. The van der Waals surface area contributed by atoms with Gasteiger partial charge in [0.05, 0.1) is 17.2 Å². The van der Waals surface area contributed by atoms with E-state index in [0.29, 0.717) is 17.6 Å².